The van der Waals surface area contributed by atoms with E-state index in [1.165, 1.54) is 0 Å². The first-order valence-electron chi connectivity index (χ1n) is 6.41. The van der Waals surface area contributed by atoms with Crippen LogP contribution in [0.2, 0.25) is 0 Å². The Labute approximate surface area is 113 Å². The maximum Gasteiger partial charge on any atom is 0.228 e. The quantitative estimate of drug-likeness (QED) is 0.909. The molecule has 0 bridgehead atoms. The van der Waals surface area contributed by atoms with Crippen LogP contribution in [0.3, 0.4) is 0 Å². The van der Waals surface area contributed by atoms with Crippen molar-refractivity contribution in [1.82, 2.24) is 15.1 Å². The number of pyridine rings is 1. The molecular formula is C14H20N4O. The average Bonchev–Trinajstić information content (AvgIpc) is 2.76. The van der Waals surface area contributed by atoms with Crippen LogP contribution in [0.15, 0.2) is 29.0 Å². The van der Waals surface area contributed by atoms with Crippen LogP contribution >= 0.6 is 0 Å². The van der Waals surface area contributed by atoms with Crippen molar-refractivity contribution in [2.24, 2.45) is 11.1 Å². The Morgan fingerprint density at radius 1 is 1.37 bits per heavy atom. The summed E-state index contributed by atoms with van der Waals surface area (Å²) in [7, 11) is 0. The largest absolute Gasteiger partial charge is 0.339 e. The van der Waals surface area contributed by atoms with Gasteiger partial charge < -0.3 is 10.3 Å². The highest BCUT2D eigenvalue weighted by Crippen LogP contribution is 2.20. The van der Waals surface area contributed by atoms with Crippen LogP contribution in [0.5, 0.6) is 0 Å². The minimum Gasteiger partial charge on any atom is -0.339 e. The molecular weight excluding hydrogens is 240 g/mol. The van der Waals surface area contributed by atoms with Crippen molar-refractivity contribution in [3.05, 3.63) is 41.8 Å². The molecule has 5 nitrogen and oxygen atoms in total. The van der Waals surface area contributed by atoms with Gasteiger partial charge in [0.25, 0.3) is 0 Å². The van der Waals surface area contributed by atoms with Gasteiger partial charge in [-0.05, 0) is 17.0 Å². The molecule has 0 spiro atoms. The van der Waals surface area contributed by atoms with Gasteiger partial charge in [-0.1, -0.05) is 32.0 Å². The molecule has 1 atom stereocenters. The maximum absolute atomic E-state index is 6.11. The van der Waals surface area contributed by atoms with E-state index in [9.17, 15) is 0 Å². The molecule has 1 unspecified atom stereocenters. The van der Waals surface area contributed by atoms with Crippen molar-refractivity contribution in [3.8, 4) is 0 Å². The molecule has 5 heteroatoms. The first-order chi connectivity index (χ1) is 8.95. The molecule has 2 heterocycles. The van der Waals surface area contributed by atoms with Crippen LogP contribution in [0.25, 0.3) is 0 Å². The van der Waals surface area contributed by atoms with E-state index in [1.54, 1.807) is 12.4 Å². The lowest BCUT2D eigenvalue weighted by atomic mass is 9.85. The highest BCUT2D eigenvalue weighted by molar-refractivity contribution is 5.13. The second-order valence-electron chi connectivity index (χ2n) is 5.82. The summed E-state index contributed by atoms with van der Waals surface area (Å²) < 4.78 is 5.24. The van der Waals surface area contributed by atoms with Gasteiger partial charge in [-0.2, -0.15) is 4.98 Å². The van der Waals surface area contributed by atoms with E-state index < -0.39 is 0 Å². The summed E-state index contributed by atoms with van der Waals surface area (Å²) in [6.45, 7) is 6.31. The lowest BCUT2D eigenvalue weighted by Gasteiger charge is -2.25. The van der Waals surface area contributed by atoms with Gasteiger partial charge in [0.15, 0.2) is 5.82 Å². The summed E-state index contributed by atoms with van der Waals surface area (Å²) in [4.78, 5) is 8.44. The average molecular weight is 260 g/mol. The summed E-state index contributed by atoms with van der Waals surface area (Å²) >= 11 is 0. The highest BCUT2D eigenvalue weighted by atomic mass is 16.5. The normalized spacial score (nSPS) is 13.5. The number of rotatable bonds is 4. The predicted molar refractivity (Wildman–Crippen MR) is 72.5 cm³/mol. The molecule has 2 N–H and O–H groups in total. The smallest absolute Gasteiger partial charge is 0.228 e. The summed E-state index contributed by atoms with van der Waals surface area (Å²) in [5.74, 6) is 1.27. The van der Waals surface area contributed by atoms with E-state index in [-0.39, 0.29) is 11.5 Å². The van der Waals surface area contributed by atoms with E-state index in [0.29, 0.717) is 24.6 Å². The Hall–Kier alpha value is -1.75. The van der Waals surface area contributed by atoms with Gasteiger partial charge in [0.05, 0.1) is 0 Å². The van der Waals surface area contributed by atoms with E-state index in [2.05, 4.69) is 35.9 Å². The number of hydrogen-bond acceptors (Lipinski definition) is 5. The third-order valence-corrected chi connectivity index (χ3v) is 3.10. The fourth-order valence-corrected chi connectivity index (χ4v) is 1.62. The first-order valence-corrected chi connectivity index (χ1v) is 6.41. The van der Waals surface area contributed by atoms with Crippen LogP contribution in [0.1, 0.15) is 38.0 Å². The van der Waals surface area contributed by atoms with Crippen LogP contribution < -0.4 is 5.73 Å². The molecule has 0 saturated heterocycles. The topological polar surface area (TPSA) is 77.8 Å². The Balaban J connectivity index is 2.00. The van der Waals surface area contributed by atoms with Gasteiger partial charge in [-0.15, -0.1) is 0 Å². The number of aromatic nitrogens is 3. The lowest BCUT2D eigenvalue weighted by Crippen LogP contribution is -2.37. The number of hydrogen-bond donors (Lipinski definition) is 1. The first kappa shape index (κ1) is 13.7. The lowest BCUT2D eigenvalue weighted by molar-refractivity contribution is 0.285. The Morgan fingerprint density at radius 3 is 2.79 bits per heavy atom. The fraction of sp³-hybridized carbons (Fsp3) is 0.500. The van der Waals surface area contributed by atoms with Crippen molar-refractivity contribution >= 4 is 0 Å². The SMILES string of the molecule is CC(C)(C)C(N)Cc1nc(Cc2cccnc2)no1. The summed E-state index contributed by atoms with van der Waals surface area (Å²) in [6, 6.07) is 3.88. The van der Waals surface area contributed by atoms with Gasteiger partial charge in [0, 0.05) is 31.3 Å². The Bertz CT molecular complexity index is 516. The molecule has 0 aliphatic carbocycles. The monoisotopic (exact) mass is 260 g/mol. The molecule has 2 rings (SSSR count). The van der Waals surface area contributed by atoms with Gasteiger partial charge in [-0.3, -0.25) is 4.98 Å². The van der Waals surface area contributed by atoms with E-state index in [0.717, 1.165) is 5.56 Å². The highest BCUT2D eigenvalue weighted by Gasteiger charge is 2.23. The summed E-state index contributed by atoms with van der Waals surface area (Å²) in [5, 5.41) is 3.98. The maximum atomic E-state index is 6.11. The van der Waals surface area contributed by atoms with Gasteiger partial charge >= 0.3 is 0 Å². The van der Waals surface area contributed by atoms with Crippen LogP contribution in [0, 0.1) is 5.41 Å². The van der Waals surface area contributed by atoms with Gasteiger partial charge in [-0.25, -0.2) is 0 Å². The third kappa shape index (κ3) is 3.86. The van der Waals surface area contributed by atoms with Crippen molar-refractivity contribution in [1.29, 1.82) is 0 Å². The van der Waals surface area contributed by atoms with E-state index in [1.807, 2.05) is 12.1 Å². The number of nitrogens with zero attached hydrogens (tertiary/aromatic N) is 3. The molecule has 2 aromatic heterocycles. The molecule has 0 radical (unpaired) electrons. The molecule has 0 fully saturated rings. The molecule has 2 aromatic rings. The van der Waals surface area contributed by atoms with Crippen LogP contribution in [0.4, 0.5) is 0 Å². The van der Waals surface area contributed by atoms with Crippen LogP contribution in [-0.2, 0) is 12.8 Å². The predicted octanol–water partition coefficient (Wildman–Crippen LogP) is 1.97. The summed E-state index contributed by atoms with van der Waals surface area (Å²) in [6.07, 6.45) is 4.77. The third-order valence-electron chi connectivity index (χ3n) is 3.10. The molecule has 0 aliphatic heterocycles. The zero-order valence-corrected chi connectivity index (χ0v) is 11.6. The molecule has 0 aliphatic rings. The molecule has 0 saturated carbocycles. The zero-order valence-electron chi connectivity index (χ0n) is 11.6. The van der Waals surface area contributed by atoms with Crippen molar-refractivity contribution < 1.29 is 4.52 Å². The van der Waals surface area contributed by atoms with E-state index in [4.69, 9.17) is 10.3 Å². The zero-order chi connectivity index (χ0) is 13.9. The fourth-order valence-electron chi connectivity index (χ4n) is 1.62. The van der Waals surface area contributed by atoms with E-state index >= 15 is 0 Å². The van der Waals surface area contributed by atoms with Gasteiger partial charge in [0.2, 0.25) is 5.89 Å². The van der Waals surface area contributed by atoms with Crippen molar-refractivity contribution in [2.75, 3.05) is 0 Å². The molecule has 102 valence electrons. The van der Waals surface area contributed by atoms with Crippen molar-refractivity contribution in [2.45, 2.75) is 39.7 Å². The Morgan fingerprint density at radius 2 is 2.16 bits per heavy atom. The second kappa shape index (κ2) is 5.48. The molecule has 0 amide bonds. The van der Waals surface area contributed by atoms with Crippen LogP contribution in [-0.4, -0.2) is 21.2 Å². The Kier molecular flexibility index (Phi) is 3.95. The number of nitrogens with two attached hydrogens (primary N) is 1. The molecule has 19 heavy (non-hydrogen) atoms. The molecule has 0 aromatic carbocycles. The van der Waals surface area contributed by atoms with Crippen molar-refractivity contribution in [3.63, 3.8) is 0 Å². The summed E-state index contributed by atoms with van der Waals surface area (Å²) in [5.41, 5.74) is 7.20. The second-order valence-corrected chi connectivity index (χ2v) is 5.82. The van der Waals surface area contributed by atoms with Gasteiger partial charge in [0.1, 0.15) is 0 Å². The minimum atomic E-state index is -0.000748. The standard InChI is InChI=1S/C14H20N4O/c1-14(2,3)11(15)8-13-17-12(18-19-13)7-10-5-4-6-16-9-10/h4-6,9,11H,7-8,15H2,1-3H3. The minimum absolute atomic E-state index is 0.000748.